The first-order chi connectivity index (χ1) is 8.69. The summed E-state index contributed by atoms with van der Waals surface area (Å²) in [6.07, 6.45) is 1.19. The third-order valence-electron chi connectivity index (χ3n) is 3.21. The predicted molar refractivity (Wildman–Crippen MR) is 86.5 cm³/mol. The van der Waals surface area contributed by atoms with Gasteiger partial charge in [0.2, 0.25) is 0 Å². The third kappa shape index (κ3) is 3.96. The molecule has 0 amide bonds. The standard InChI is InChI=1S/C14H18INOS/c1-2-13-9-16(7-8-18-13)10-14(17)11-3-5-12(15)6-4-11/h3-6,13H,2,7-10H2,1H3. The van der Waals surface area contributed by atoms with E-state index >= 15 is 0 Å². The van der Waals surface area contributed by atoms with Crippen molar-refractivity contribution in [3.8, 4) is 0 Å². The fraction of sp³-hybridized carbons (Fsp3) is 0.500. The molecule has 1 aromatic rings. The highest BCUT2D eigenvalue weighted by atomic mass is 127. The van der Waals surface area contributed by atoms with Gasteiger partial charge in [0.05, 0.1) is 6.54 Å². The number of ketones is 1. The van der Waals surface area contributed by atoms with Gasteiger partial charge in [-0.05, 0) is 41.1 Å². The summed E-state index contributed by atoms with van der Waals surface area (Å²) in [6.45, 7) is 4.88. The van der Waals surface area contributed by atoms with Gasteiger partial charge in [-0.25, -0.2) is 0 Å². The molecule has 1 fully saturated rings. The highest BCUT2D eigenvalue weighted by Gasteiger charge is 2.21. The van der Waals surface area contributed by atoms with E-state index in [0.29, 0.717) is 11.8 Å². The number of thioether (sulfide) groups is 1. The van der Waals surface area contributed by atoms with E-state index < -0.39 is 0 Å². The van der Waals surface area contributed by atoms with Crippen molar-refractivity contribution in [2.24, 2.45) is 0 Å². The molecule has 4 heteroatoms. The van der Waals surface area contributed by atoms with Gasteiger partial charge in [-0.15, -0.1) is 0 Å². The van der Waals surface area contributed by atoms with Crippen molar-refractivity contribution in [3.05, 3.63) is 33.4 Å². The molecule has 2 rings (SSSR count). The van der Waals surface area contributed by atoms with Crippen LogP contribution in [0, 0.1) is 3.57 Å². The van der Waals surface area contributed by atoms with Gasteiger partial charge in [0, 0.05) is 33.2 Å². The number of carbonyl (C=O) groups is 1. The van der Waals surface area contributed by atoms with Gasteiger partial charge in [-0.2, -0.15) is 11.8 Å². The van der Waals surface area contributed by atoms with Gasteiger partial charge < -0.3 is 0 Å². The highest BCUT2D eigenvalue weighted by molar-refractivity contribution is 14.1. The molecule has 1 unspecified atom stereocenters. The number of Topliss-reactive ketones (excluding diaryl/α,β-unsaturated/α-hetero) is 1. The lowest BCUT2D eigenvalue weighted by Gasteiger charge is -2.31. The Labute approximate surface area is 127 Å². The third-order valence-corrected chi connectivity index (χ3v) is 5.30. The maximum atomic E-state index is 12.2. The average molecular weight is 375 g/mol. The lowest BCUT2D eigenvalue weighted by molar-refractivity contribution is 0.0932. The first kappa shape index (κ1) is 14.3. The fourth-order valence-corrected chi connectivity index (χ4v) is 3.71. The quantitative estimate of drug-likeness (QED) is 0.595. The minimum Gasteiger partial charge on any atom is -0.294 e. The van der Waals surface area contributed by atoms with E-state index in [0.717, 1.165) is 24.4 Å². The Kier molecular flexibility index (Phi) is 5.51. The van der Waals surface area contributed by atoms with Crippen LogP contribution in [0.25, 0.3) is 0 Å². The van der Waals surface area contributed by atoms with Crippen LogP contribution in [0.4, 0.5) is 0 Å². The number of hydrogen-bond acceptors (Lipinski definition) is 3. The number of halogens is 1. The smallest absolute Gasteiger partial charge is 0.176 e. The SMILES string of the molecule is CCC1CN(CC(=O)c2ccc(I)cc2)CCS1. The Morgan fingerprint density at radius 2 is 2.17 bits per heavy atom. The van der Waals surface area contributed by atoms with Gasteiger partial charge in [0.25, 0.3) is 0 Å². The van der Waals surface area contributed by atoms with Crippen LogP contribution >= 0.6 is 34.4 Å². The van der Waals surface area contributed by atoms with Crippen molar-refractivity contribution in [3.63, 3.8) is 0 Å². The van der Waals surface area contributed by atoms with Crippen molar-refractivity contribution >= 4 is 40.1 Å². The number of carbonyl (C=O) groups excluding carboxylic acids is 1. The second kappa shape index (κ2) is 6.91. The van der Waals surface area contributed by atoms with Crippen molar-refractivity contribution in [1.29, 1.82) is 0 Å². The normalized spacial score (nSPS) is 20.9. The minimum absolute atomic E-state index is 0.244. The van der Waals surface area contributed by atoms with Crippen molar-refractivity contribution in [2.45, 2.75) is 18.6 Å². The Balaban J connectivity index is 1.92. The molecule has 1 heterocycles. The lowest BCUT2D eigenvalue weighted by Crippen LogP contribution is -2.40. The van der Waals surface area contributed by atoms with Gasteiger partial charge in [-0.3, -0.25) is 9.69 Å². The summed E-state index contributed by atoms with van der Waals surface area (Å²) in [4.78, 5) is 14.5. The van der Waals surface area contributed by atoms with E-state index in [1.807, 2.05) is 36.0 Å². The van der Waals surface area contributed by atoms with Crippen molar-refractivity contribution in [1.82, 2.24) is 4.90 Å². The second-order valence-electron chi connectivity index (χ2n) is 4.57. The summed E-state index contributed by atoms with van der Waals surface area (Å²) in [6, 6.07) is 7.85. The zero-order valence-corrected chi connectivity index (χ0v) is 13.5. The number of nitrogens with zero attached hydrogens (tertiary/aromatic N) is 1. The first-order valence-electron chi connectivity index (χ1n) is 6.31. The van der Waals surface area contributed by atoms with Crippen LogP contribution in [0.3, 0.4) is 0 Å². The summed E-state index contributed by atoms with van der Waals surface area (Å²) < 4.78 is 1.17. The van der Waals surface area contributed by atoms with Gasteiger partial charge in [0.1, 0.15) is 0 Å². The summed E-state index contributed by atoms with van der Waals surface area (Å²) in [5, 5.41) is 0.697. The van der Waals surface area contributed by atoms with Crippen LogP contribution in [0.1, 0.15) is 23.7 Å². The molecule has 0 radical (unpaired) electrons. The molecule has 0 aromatic heterocycles. The largest absolute Gasteiger partial charge is 0.294 e. The molecule has 0 aliphatic carbocycles. The topological polar surface area (TPSA) is 20.3 Å². The first-order valence-corrected chi connectivity index (χ1v) is 8.44. The van der Waals surface area contributed by atoms with Crippen molar-refractivity contribution in [2.75, 3.05) is 25.4 Å². The number of rotatable bonds is 4. The van der Waals surface area contributed by atoms with E-state index in [9.17, 15) is 4.79 Å². The van der Waals surface area contributed by atoms with Crippen LogP contribution in [-0.2, 0) is 0 Å². The molecule has 0 N–H and O–H groups in total. The molecule has 1 aliphatic rings. The average Bonchev–Trinajstić information content (AvgIpc) is 2.39. The summed E-state index contributed by atoms with van der Waals surface area (Å²) in [5.41, 5.74) is 0.835. The summed E-state index contributed by atoms with van der Waals surface area (Å²) in [5.74, 6) is 1.39. The molecule has 1 atom stereocenters. The van der Waals surface area contributed by atoms with Crippen LogP contribution in [0.5, 0.6) is 0 Å². The van der Waals surface area contributed by atoms with Crippen LogP contribution in [0.15, 0.2) is 24.3 Å². The molecule has 98 valence electrons. The molecule has 0 bridgehead atoms. The molecule has 18 heavy (non-hydrogen) atoms. The van der Waals surface area contributed by atoms with Crippen LogP contribution < -0.4 is 0 Å². The molecule has 0 spiro atoms. The van der Waals surface area contributed by atoms with E-state index in [1.165, 1.54) is 9.99 Å². The maximum Gasteiger partial charge on any atom is 0.176 e. The van der Waals surface area contributed by atoms with Crippen LogP contribution in [-0.4, -0.2) is 41.3 Å². The zero-order valence-electron chi connectivity index (χ0n) is 10.6. The minimum atomic E-state index is 0.244. The fourth-order valence-electron chi connectivity index (χ4n) is 2.10. The molecule has 1 aliphatic heterocycles. The van der Waals surface area contributed by atoms with Gasteiger partial charge in [0.15, 0.2) is 5.78 Å². The summed E-state index contributed by atoms with van der Waals surface area (Å²) in [7, 11) is 0. The van der Waals surface area contributed by atoms with Crippen LogP contribution in [0.2, 0.25) is 0 Å². The predicted octanol–water partition coefficient (Wildman–Crippen LogP) is 3.30. The Hall–Kier alpha value is -0.0700. The molecular formula is C14H18INOS. The van der Waals surface area contributed by atoms with E-state index in [2.05, 4.69) is 34.4 Å². The molecule has 1 saturated heterocycles. The monoisotopic (exact) mass is 375 g/mol. The van der Waals surface area contributed by atoms with Gasteiger partial charge in [-0.1, -0.05) is 19.1 Å². The molecule has 0 saturated carbocycles. The molecular weight excluding hydrogens is 357 g/mol. The lowest BCUT2D eigenvalue weighted by atomic mass is 10.1. The maximum absolute atomic E-state index is 12.2. The highest BCUT2D eigenvalue weighted by Crippen LogP contribution is 2.21. The number of benzene rings is 1. The Morgan fingerprint density at radius 1 is 1.44 bits per heavy atom. The van der Waals surface area contributed by atoms with E-state index in [4.69, 9.17) is 0 Å². The second-order valence-corrected chi connectivity index (χ2v) is 7.22. The number of hydrogen-bond donors (Lipinski definition) is 0. The van der Waals surface area contributed by atoms with Gasteiger partial charge >= 0.3 is 0 Å². The molecule has 2 nitrogen and oxygen atoms in total. The Bertz CT molecular complexity index is 407. The zero-order chi connectivity index (χ0) is 13.0. The Morgan fingerprint density at radius 3 is 2.83 bits per heavy atom. The summed E-state index contributed by atoms with van der Waals surface area (Å²) >= 11 is 4.30. The molecule has 1 aromatic carbocycles. The van der Waals surface area contributed by atoms with E-state index in [-0.39, 0.29) is 5.78 Å². The van der Waals surface area contributed by atoms with Crippen molar-refractivity contribution < 1.29 is 4.79 Å². The van der Waals surface area contributed by atoms with E-state index in [1.54, 1.807) is 0 Å².